The first kappa shape index (κ1) is 14.5. The fraction of sp³-hybridized carbons (Fsp3) is 0.294. The summed E-state index contributed by atoms with van der Waals surface area (Å²) >= 11 is 0. The molecule has 0 radical (unpaired) electrons. The van der Waals surface area contributed by atoms with Crippen LogP contribution in [-0.4, -0.2) is 13.2 Å². The Balaban J connectivity index is 2.28. The van der Waals surface area contributed by atoms with Crippen LogP contribution in [0, 0.1) is 5.82 Å². The molecule has 0 amide bonds. The number of hydrogen-bond acceptors (Lipinski definition) is 2. The van der Waals surface area contributed by atoms with Gasteiger partial charge in [-0.1, -0.05) is 44.2 Å². The highest BCUT2D eigenvalue weighted by atomic mass is 19.1. The summed E-state index contributed by atoms with van der Waals surface area (Å²) in [5.74, 6) is 0.557. The molecule has 0 aliphatic heterocycles. The van der Waals surface area contributed by atoms with Crippen LogP contribution in [0.25, 0.3) is 11.1 Å². The van der Waals surface area contributed by atoms with Gasteiger partial charge >= 0.3 is 0 Å². The van der Waals surface area contributed by atoms with Gasteiger partial charge in [-0.15, -0.1) is 0 Å². The Hall–Kier alpha value is -1.87. The Morgan fingerprint density at radius 1 is 1.15 bits per heavy atom. The summed E-state index contributed by atoms with van der Waals surface area (Å²) in [5.41, 5.74) is 2.41. The quantitative estimate of drug-likeness (QED) is 0.889. The first-order valence-corrected chi connectivity index (χ1v) is 6.77. The molecular weight excluding hydrogens is 253 g/mol. The van der Waals surface area contributed by atoms with Crippen LogP contribution in [0.1, 0.15) is 19.4 Å². The lowest BCUT2D eigenvalue weighted by Crippen LogP contribution is -2.22. The highest BCUT2D eigenvalue weighted by Crippen LogP contribution is 2.30. The molecule has 0 aliphatic carbocycles. The Morgan fingerprint density at radius 3 is 2.55 bits per heavy atom. The molecule has 2 rings (SSSR count). The number of hydrogen-bond donors (Lipinski definition) is 1. The Kier molecular flexibility index (Phi) is 4.74. The second kappa shape index (κ2) is 6.53. The fourth-order valence-electron chi connectivity index (χ4n) is 2.06. The maximum Gasteiger partial charge on any atom is 0.128 e. The van der Waals surface area contributed by atoms with E-state index in [-0.39, 0.29) is 5.82 Å². The number of methoxy groups -OCH3 is 1. The van der Waals surface area contributed by atoms with Crippen molar-refractivity contribution in [1.82, 2.24) is 5.32 Å². The number of rotatable bonds is 5. The zero-order valence-electron chi connectivity index (χ0n) is 12.1. The Bertz CT molecular complexity index is 581. The summed E-state index contributed by atoms with van der Waals surface area (Å²) in [6.07, 6.45) is 0. The van der Waals surface area contributed by atoms with Crippen molar-refractivity contribution in [2.75, 3.05) is 7.11 Å². The van der Waals surface area contributed by atoms with Crippen molar-refractivity contribution in [3.8, 4) is 16.9 Å². The maximum absolute atomic E-state index is 14.1. The fourth-order valence-corrected chi connectivity index (χ4v) is 2.06. The summed E-state index contributed by atoms with van der Waals surface area (Å²) in [4.78, 5) is 0. The molecule has 0 aromatic heterocycles. The van der Waals surface area contributed by atoms with Crippen molar-refractivity contribution in [2.24, 2.45) is 0 Å². The molecule has 0 saturated heterocycles. The first-order chi connectivity index (χ1) is 9.61. The van der Waals surface area contributed by atoms with Gasteiger partial charge in [-0.25, -0.2) is 4.39 Å². The van der Waals surface area contributed by atoms with Crippen molar-refractivity contribution >= 4 is 0 Å². The van der Waals surface area contributed by atoms with Gasteiger partial charge in [0.15, 0.2) is 0 Å². The van der Waals surface area contributed by atoms with Crippen LogP contribution >= 0.6 is 0 Å². The molecule has 0 unspecified atom stereocenters. The lowest BCUT2D eigenvalue weighted by Gasteiger charge is -2.12. The van der Waals surface area contributed by atoms with Gasteiger partial charge in [0.25, 0.3) is 0 Å². The molecule has 0 bridgehead atoms. The highest BCUT2D eigenvalue weighted by Gasteiger charge is 2.09. The number of ether oxygens (including phenoxy) is 1. The van der Waals surface area contributed by atoms with Crippen molar-refractivity contribution in [1.29, 1.82) is 0 Å². The zero-order valence-corrected chi connectivity index (χ0v) is 12.1. The minimum atomic E-state index is -0.193. The second-order valence-corrected chi connectivity index (χ2v) is 5.04. The SMILES string of the molecule is COc1ccccc1-c1ccc(CNC(C)C)c(F)c1. The highest BCUT2D eigenvalue weighted by molar-refractivity contribution is 5.70. The molecular formula is C17H20FNO. The molecule has 2 aromatic rings. The van der Waals surface area contributed by atoms with Crippen molar-refractivity contribution < 1.29 is 9.13 Å². The van der Waals surface area contributed by atoms with E-state index < -0.39 is 0 Å². The van der Waals surface area contributed by atoms with Crippen LogP contribution in [0.2, 0.25) is 0 Å². The second-order valence-electron chi connectivity index (χ2n) is 5.04. The Morgan fingerprint density at radius 2 is 1.90 bits per heavy atom. The van der Waals surface area contributed by atoms with Gasteiger partial charge in [0.1, 0.15) is 11.6 Å². The number of benzene rings is 2. The van der Waals surface area contributed by atoms with Gasteiger partial charge in [-0.3, -0.25) is 0 Å². The van der Waals surface area contributed by atoms with E-state index in [9.17, 15) is 4.39 Å². The summed E-state index contributed by atoms with van der Waals surface area (Å²) < 4.78 is 19.5. The molecule has 20 heavy (non-hydrogen) atoms. The molecule has 3 heteroatoms. The lowest BCUT2D eigenvalue weighted by molar-refractivity contribution is 0.416. The molecule has 106 valence electrons. The summed E-state index contributed by atoms with van der Waals surface area (Å²) in [5, 5.41) is 3.22. The van der Waals surface area contributed by atoms with Crippen LogP contribution in [0.4, 0.5) is 4.39 Å². The number of halogens is 1. The van der Waals surface area contributed by atoms with Gasteiger partial charge in [-0.05, 0) is 17.7 Å². The third kappa shape index (κ3) is 3.36. The third-order valence-electron chi connectivity index (χ3n) is 3.17. The van der Waals surface area contributed by atoms with Crippen molar-refractivity contribution in [3.63, 3.8) is 0 Å². The summed E-state index contributed by atoms with van der Waals surface area (Å²) in [6, 6.07) is 13.3. The van der Waals surface area contributed by atoms with Crippen molar-refractivity contribution in [2.45, 2.75) is 26.4 Å². The van der Waals surface area contributed by atoms with Gasteiger partial charge in [0.05, 0.1) is 7.11 Å². The normalized spacial score (nSPS) is 10.8. The summed E-state index contributed by atoms with van der Waals surface area (Å²) in [7, 11) is 1.62. The van der Waals surface area contributed by atoms with E-state index in [0.29, 0.717) is 18.2 Å². The van der Waals surface area contributed by atoms with Gasteiger partial charge in [-0.2, -0.15) is 0 Å². The van der Waals surface area contributed by atoms with Crippen LogP contribution in [0.15, 0.2) is 42.5 Å². The largest absolute Gasteiger partial charge is 0.496 e. The van der Waals surface area contributed by atoms with E-state index >= 15 is 0 Å². The molecule has 0 fully saturated rings. The minimum absolute atomic E-state index is 0.193. The van der Waals surface area contributed by atoms with E-state index in [0.717, 1.165) is 16.9 Å². The molecule has 0 atom stereocenters. The van der Waals surface area contributed by atoms with E-state index in [1.807, 2.05) is 50.2 Å². The third-order valence-corrected chi connectivity index (χ3v) is 3.17. The standard InChI is InChI=1S/C17H20FNO/c1-12(2)19-11-14-9-8-13(10-16(14)18)15-6-4-5-7-17(15)20-3/h4-10,12,19H,11H2,1-3H3. The predicted octanol–water partition coefficient (Wildman–Crippen LogP) is 4.00. The average Bonchev–Trinajstić information content (AvgIpc) is 2.45. The molecule has 0 saturated carbocycles. The Labute approximate surface area is 119 Å². The van der Waals surface area contributed by atoms with Crippen LogP contribution < -0.4 is 10.1 Å². The van der Waals surface area contributed by atoms with E-state index in [1.165, 1.54) is 0 Å². The molecule has 0 aliphatic rings. The van der Waals surface area contributed by atoms with Crippen molar-refractivity contribution in [3.05, 3.63) is 53.8 Å². The smallest absolute Gasteiger partial charge is 0.128 e. The van der Waals surface area contributed by atoms with Gasteiger partial charge < -0.3 is 10.1 Å². The van der Waals surface area contributed by atoms with Gasteiger partial charge in [0.2, 0.25) is 0 Å². The number of para-hydroxylation sites is 1. The average molecular weight is 273 g/mol. The van der Waals surface area contributed by atoms with Crippen LogP contribution in [0.3, 0.4) is 0 Å². The monoisotopic (exact) mass is 273 g/mol. The molecule has 1 N–H and O–H groups in total. The van der Waals surface area contributed by atoms with E-state index in [1.54, 1.807) is 13.2 Å². The van der Waals surface area contributed by atoms with E-state index in [2.05, 4.69) is 5.32 Å². The summed E-state index contributed by atoms with van der Waals surface area (Å²) in [6.45, 7) is 4.62. The minimum Gasteiger partial charge on any atom is -0.496 e. The molecule has 2 aromatic carbocycles. The van der Waals surface area contributed by atoms with Crippen LogP contribution in [-0.2, 0) is 6.54 Å². The lowest BCUT2D eigenvalue weighted by atomic mass is 10.0. The zero-order chi connectivity index (χ0) is 14.5. The van der Waals surface area contributed by atoms with E-state index in [4.69, 9.17) is 4.74 Å². The molecule has 0 heterocycles. The topological polar surface area (TPSA) is 21.3 Å². The predicted molar refractivity (Wildman–Crippen MR) is 80.4 cm³/mol. The first-order valence-electron chi connectivity index (χ1n) is 6.77. The van der Waals surface area contributed by atoms with Crippen LogP contribution in [0.5, 0.6) is 5.75 Å². The maximum atomic E-state index is 14.1. The molecule has 2 nitrogen and oxygen atoms in total. The number of nitrogens with one attached hydrogen (secondary N) is 1. The van der Waals surface area contributed by atoms with Gasteiger partial charge in [0, 0.05) is 23.7 Å². The molecule has 0 spiro atoms.